The molecule has 0 radical (unpaired) electrons. The van der Waals surface area contributed by atoms with Crippen molar-refractivity contribution >= 4 is 30.5 Å². The lowest BCUT2D eigenvalue weighted by molar-refractivity contribution is 0.261. The molecule has 2 nitrogen and oxygen atoms in total. The molecule has 2 aromatic carbocycles. The van der Waals surface area contributed by atoms with Crippen molar-refractivity contribution in [3.63, 3.8) is 0 Å². The molecule has 1 aliphatic rings. The smallest absolute Gasteiger partial charge is 0.0369 e. The van der Waals surface area contributed by atoms with E-state index in [2.05, 4.69) is 73.0 Å². The number of unbranched alkanes of at least 4 members (excludes halogenated alkanes) is 2. The van der Waals surface area contributed by atoms with E-state index in [0.717, 1.165) is 13.1 Å². The fourth-order valence-corrected chi connectivity index (χ4v) is 4.06. The van der Waals surface area contributed by atoms with Crippen LogP contribution in [0.1, 0.15) is 48.4 Å². The first-order valence-corrected chi connectivity index (χ1v) is 10.8. The maximum atomic E-state index is 2.63. The van der Waals surface area contributed by atoms with Crippen molar-refractivity contribution in [3.05, 3.63) is 64.7 Å². The van der Waals surface area contributed by atoms with Crippen LogP contribution in [0.5, 0.6) is 0 Å². The summed E-state index contributed by atoms with van der Waals surface area (Å²) in [5, 5.41) is 0. The third kappa shape index (κ3) is 7.85. The molecule has 1 saturated heterocycles. The average molecular weight is 437 g/mol. The molecule has 3 rings (SSSR count). The summed E-state index contributed by atoms with van der Waals surface area (Å²) >= 11 is 0. The SMILES string of the molecule is CCCCCc1cc(CCN2CCN(c3cccc(C)c3)CC2)ccc1C.Cl.Cl. The van der Waals surface area contributed by atoms with Crippen LogP contribution in [0, 0.1) is 13.8 Å². The van der Waals surface area contributed by atoms with Crippen LogP contribution in [0.2, 0.25) is 0 Å². The molecular weight excluding hydrogens is 399 g/mol. The van der Waals surface area contributed by atoms with Crippen molar-refractivity contribution in [1.82, 2.24) is 4.90 Å². The zero-order valence-electron chi connectivity index (χ0n) is 18.3. The van der Waals surface area contributed by atoms with E-state index < -0.39 is 0 Å². The van der Waals surface area contributed by atoms with E-state index in [0.29, 0.717) is 0 Å². The maximum absolute atomic E-state index is 2.63. The summed E-state index contributed by atoms with van der Waals surface area (Å²) in [6.07, 6.45) is 6.37. The van der Waals surface area contributed by atoms with Gasteiger partial charge in [-0.3, -0.25) is 4.90 Å². The Morgan fingerprint density at radius 1 is 0.828 bits per heavy atom. The van der Waals surface area contributed by atoms with Crippen LogP contribution < -0.4 is 4.90 Å². The maximum Gasteiger partial charge on any atom is 0.0369 e. The Morgan fingerprint density at radius 3 is 2.28 bits per heavy atom. The third-order valence-corrected chi connectivity index (χ3v) is 5.92. The van der Waals surface area contributed by atoms with E-state index in [9.17, 15) is 0 Å². The summed E-state index contributed by atoms with van der Waals surface area (Å²) in [4.78, 5) is 5.16. The van der Waals surface area contributed by atoms with Crippen LogP contribution in [0.25, 0.3) is 0 Å². The Balaban J connectivity index is 0.00000210. The lowest BCUT2D eigenvalue weighted by Gasteiger charge is -2.36. The monoisotopic (exact) mass is 436 g/mol. The highest BCUT2D eigenvalue weighted by Crippen LogP contribution is 2.19. The van der Waals surface area contributed by atoms with Crippen molar-refractivity contribution < 1.29 is 0 Å². The Bertz CT molecular complexity index is 725. The van der Waals surface area contributed by atoms with Gasteiger partial charge in [-0.25, -0.2) is 0 Å². The predicted molar refractivity (Wildman–Crippen MR) is 132 cm³/mol. The summed E-state index contributed by atoms with van der Waals surface area (Å²) in [7, 11) is 0. The zero-order valence-corrected chi connectivity index (χ0v) is 20.0. The largest absolute Gasteiger partial charge is 0.369 e. The molecule has 1 aliphatic heterocycles. The Morgan fingerprint density at radius 2 is 1.59 bits per heavy atom. The second-order valence-electron chi connectivity index (χ2n) is 8.14. The van der Waals surface area contributed by atoms with Crippen molar-refractivity contribution in [1.29, 1.82) is 0 Å². The second-order valence-corrected chi connectivity index (χ2v) is 8.14. The number of benzene rings is 2. The van der Waals surface area contributed by atoms with Gasteiger partial charge in [0.05, 0.1) is 0 Å². The Labute approximate surface area is 190 Å². The van der Waals surface area contributed by atoms with Gasteiger partial charge in [0.25, 0.3) is 0 Å². The summed E-state index contributed by atoms with van der Waals surface area (Å²) < 4.78 is 0. The number of halogens is 2. The van der Waals surface area contributed by atoms with E-state index in [1.807, 2.05) is 0 Å². The molecule has 0 atom stereocenters. The summed E-state index contributed by atoms with van der Waals surface area (Å²) in [5.74, 6) is 0. The van der Waals surface area contributed by atoms with Crippen molar-refractivity contribution in [2.75, 3.05) is 37.6 Å². The molecule has 2 aromatic rings. The molecule has 0 aliphatic carbocycles. The molecule has 0 saturated carbocycles. The number of hydrogen-bond donors (Lipinski definition) is 0. The highest BCUT2D eigenvalue weighted by molar-refractivity contribution is 5.85. The molecule has 0 aromatic heterocycles. The first-order valence-electron chi connectivity index (χ1n) is 10.8. The number of anilines is 1. The second kappa shape index (κ2) is 13.2. The van der Waals surface area contributed by atoms with Gasteiger partial charge in [0.15, 0.2) is 0 Å². The predicted octanol–water partition coefficient (Wildman–Crippen LogP) is 6.24. The van der Waals surface area contributed by atoms with Crippen LogP contribution in [-0.2, 0) is 12.8 Å². The highest BCUT2D eigenvalue weighted by atomic mass is 35.5. The van der Waals surface area contributed by atoms with Gasteiger partial charge in [-0.15, -0.1) is 24.8 Å². The number of piperazine rings is 1. The molecule has 4 heteroatoms. The average Bonchev–Trinajstić information content (AvgIpc) is 2.69. The molecule has 0 spiro atoms. The first kappa shape index (κ1) is 25.8. The molecular formula is C25H38Cl2N2. The fourth-order valence-electron chi connectivity index (χ4n) is 4.06. The molecule has 1 heterocycles. The van der Waals surface area contributed by atoms with Crippen LogP contribution in [0.3, 0.4) is 0 Å². The van der Waals surface area contributed by atoms with Crippen LogP contribution in [0.15, 0.2) is 42.5 Å². The lowest BCUT2D eigenvalue weighted by atomic mass is 9.98. The molecule has 0 bridgehead atoms. The molecule has 0 amide bonds. The summed E-state index contributed by atoms with van der Waals surface area (Å²) in [6.45, 7) is 12.5. The molecule has 0 N–H and O–H groups in total. The number of rotatable bonds is 8. The minimum atomic E-state index is 0. The fraction of sp³-hybridized carbons (Fsp3) is 0.520. The third-order valence-electron chi connectivity index (χ3n) is 5.92. The number of nitrogens with zero attached hydrogens (tertiary/aromatic N) is 2. The van der Waals surface area contributed by atoms with E-state index >= 15 is 0 Å². The number of hydrogen-bond acceptors (Lipinski definition) is 2. The molecule has 162 valence electrons. The minimum Gasteiger partial charge on any atom is -0.369 e. The molecule has 1 fully saturated rings. The lowest BCUT2D eigenvalue weighted by Crippen LogP contribution is -2.47. The highest BCUT2D eigenvalue weighted by Gasteiger charge is 2.17. The number of aryl methyl sites for hydroxylation is 3. The van der Waals surface area contributed by atoms with Gasteiger partial charge < -0.3 is 4.90 Å². The van der Waals surface area contributed by atoms with E-state index in [4.69, 9.17) is 0 Å². The Hall–Kier alpha value is -1.22. The van der Waals surface area contributed by atoms with Gasteiger partial charge in [-0.2, -0.15) is 0 Å². The standard InChI is InChI=1S/C25H36N2.2ClH/c1-4-5-6-9-24-20-23(12-11-22(24)3)13-14-26-15-17-27(18-16-26)25-10-7-8-21(2)19-25;;/h7-8,10-12,19-20H,4-6,9,13-18H2,1-3H3;2*1H. The van der Waals surface area contributed by atoms with E-state index in [-0.39, 0.29) is 24.8 Å². The quantitative estimate of drug-likeness (QED) is 0.451. The zero-order chi connectivity index (χ0) is 19.1. The Kier molecular flexibility index (Phi) is 11.7. The topological polar surface area (TPSA) is 6.48 Å². The molecule has 29 heavy (non-hydrogen) atoms. The van der Waals surface area contributed by atoms with Crippen molar-refractivity contribution in [3.8, 4) is 0 Å². The summed E-state index contributed by atoms with van der Waals surface area (Å²) in [6, 6.07) is 16.0. The van der Waals surface area contributed by atoms with Gasteiger partial charge >= 0.3 is 0 Å². The van der Waals surface area contributed by atoms with Gasteiger partial charge in [0.2, 0.25) is 0 Å². The van der Waals surface area contributed by atoms with Crippen LogP contribution in [0.4, 0.5) is 5.69 Å². The van der Waals surface area contributed by atoms with E-state index in [1.165, 1.54) is 74.1 Å². The van der Waals surface area contributed by atoms with Crippen molar-refractivity contribution in [2.24, 2.45) is 0 Å². The van der Waals surface area contributed by atoms with Crippen LogP contribution >= 0.6 is 24.8 Å². The minimum absolute atomic E-state index is 0. The first-order chi connectivity index (χ1) is 13.2. The normalized spacial score (nSPS) is 14.2. The summed E-state index contributed by atoms with van der Waals surface area (Å²) in [5.41, 5.74) is 7.26. The van der Waals surface area contributed by atoms with Gasteiger partial charge in [-0.1, -0.05) is 50.1 Å². The van der Waals surface area contributed by atoms with Gasteiger partial charge in [0, 0.05) is 38.4 Å². The van der Waals surface area contributed by atoms with Gasteiger partial charge in [0.1, 0.15) is 0 Å². The van der Waals surface area contributed by atoms with Crippen LogP contribution in [-0.4, -0.2) is 37.6 Å². The van der Waals surface area contributed by atoms with E-state index in [1.54, 1.807) is 5.56 Å². The molecule has 0 unspecified atom stereocenters. The van der Waals surface area contributed by atoms with Crippen molar-refractivity contribution in [2.45, 2.75) is 52.9 Å². The van der Waals surface area contributed by atoms with Gasteiger partial charge in [-0.05, 0) is 67.5 Å².